The fraction of sp³-hybridized carbons (Fsp3) is 0.650. The number of aliphatic imine (C=N–C) groups is 1. The van der Waals surface area contributed by atoms with E-state index < -0.39 is 9.84 Å². The molecule has 0 amide bonds. The highest BCUT2D eigenvalue weighted by atomic mass is 32.2. The first-order chi connectivity index (χ1) is 12.9. The molecule has 7 heteroatoms. The van der Waals surface area contributed by atoms with Gasteiger partial charge in [-0.15, -0.1) is 0 Å². The van der Waals surface area contributed by atoms with Crippen molar-refractivity contribution in [2.75, 3.05) is 38.2 Å². The molecule has 0 aromatic heterocycles. The highest BCUT2D eigenvalue weighted by Gasteiger charge is 2.15. The van der Waals surface area contributed by atoms with E-state index in [9.17, 15) is 8.42 Å². The lowest BCUT2D eigenvalue weighted by Crippen LogP contribution is -2.43. The lowest BCUT2D eigenvalue weighted by Gasteiger charge is -2.28. The first kappa shape index (κ1) is 21.7. The first-order valence-corrected chi connectivity index (χ1v) is 11.9. The Morgan fingerprint density at radius 2 is 2.04 bits per heavy atom. The zero-order valence-electron chi connectivity index (χ0n) is 16.9. The number of hydrogen-bond donors (Lipinski definition) is 2. The summed E-state index contributed by atoms with van der Waals surface area (Å²) in [4.78, 5) is 7.14. The van der Waals surface area contributed by atoms with Crippen molar-refractivity contribution in [3.8, 4) is 0 Å². The quantitative estimate of drug-likeness (QED) is 0.380. The van der Waals surface area contributed by atoms with E-state index >= 15 is 0 Å². The minimum atomic E-state index is -2.93. The van der Waals surface area contributed by atoms with Crippen LogP contribution in [0, 0.1) is 0 Å². The average molecular weight is 395 g/mol. The summed E-state index contributed by atoms with van der Waals surface area (Å²) in [5.41, 5.74) is 2.93. The van der Waals surface area contributed by atoms with Crippen LogP contribution in [-0.4, -0.2) is 63.5 Å². The summed E-state index contributed by atoms with van der Waals surface area (Å²) in [5.74, 6) is 0.958. The second kappa shape index (κ2) is 10.7. The van der Waals surface area contributed by atoms with E-state index in [1.165, 1.54) is 17.4 Å². The molecule has 0 saturated carbocycles. The zero-order valence-corrected chi connectivity index (χ0v) is 17.7. The highest BCUT2D eigenvalue weighted by molar-refractivity contribution is 7.90. The summed E-state index contributed by atoms with van der Waals surface area (Å²) < 4.78 is 22.6. The van der Waals surface area contributed by atoms with Gasteiger partial charge in [0.15, 0.2) is 5.96 Å². The van der Waals surface area contributed by atoms with Crippen molar-refractivity contribution >= 4 is 15.8 Å². The Hall–Kier alpha value is -1.60. The first-order valence-electron chi connectivity index (χ1n) is 9.89. The Kier molecular flexibility index (Phi) is 8.57. The van der Waals surface area contributed by atoms with Gasteiger partial charge in [-0.25, -0.2) is 8.42 Å². The summed E-state index contributed by atoms with van der Waals surface area (Å²) in [6, 6.07) is 8.76. The van der Waals surface area contributed by atoms with Crippen LogP contribution in [0.3, 0.4) is 0 Å². The van der Waals surface area contributed by atoms with E-state index in [-0.39, 0.29) is 11.8 Å². The van der Waals surface area contributed by atoms with Crippen LogP contribution in [0.4, 0.5) is 0 Å². The maximum atomic E-state index is 11.3. The normalized spacial score (nSPS) is 16.6. The van der Waals surface area contributed by atoms with Crippen molar-refractivity contribution in [2.45, 2.75) is 45.7 Å². The topological polar surface area (TPSA) is 73.8 Å². The molecule has 1 unspecified atom stereocenters. The van der Waals surface area contributed by atoms with E-state index in [2.05, 4.69) is 44.8 Å². The van der Waals surface area contributed by atoms with Gasteiger partial charge in [0.25, 0.3) is 0 Å². The Bertz CT molecular complexity index is 718. The molecule has 1 aromatic carbocycles. The molecule has 2 N–H and O–H groups in total. The molecule has 0 saturated heterocycles. The fourth-order valence-corrected chi connectivity index (χ4v) is 4.03. The number of fused-ring (bicyclic) bond motifs is 1. The molecule has 6 nitrogen and oxygen atoms in total. The SMILES string of the molecule is CCNC(=NCCCN1CCc2ccccc2C1)NC(C)CCS(C)(=O)=O. The molecule has 1 aromatic rings. The Labute approximate surface area is 164 Å². The van der Waals surface area contributed by atoms with E-state index in [1.54, 1.807) is 0 Å². The fourth-order valence-electron chi connectivity index (χ4n) is 3.25. The third-order valence-corrected chi connectivity index (χ3v) is 5.74. The maximum Gasteiger partial charge on any atom is 0.191 e. The number of sulfone groups is 1. The second-order valence-corrected chi connectivity index (χ2v) is 9.63. The monoisotopic (exact) mass is 394 g/mol. The summed E-state index contributed by atoms with van der Waals surface area (Å²) >= 11 is 0. The molecule has 1 aliphatic rings. The number of nitrogens with one attached hydrogen (secondary N) is 2. The molecular formula is C20H34N4O2S. The lowest BCUT2D eigenvalue weighted by atomic mass is 10.00. The molecule has 0 radical (unpaired) electrons. The number of rotatable bonds is 9. The molecule has 1 atom stereocenters. The van der Waals surface area contributed by atoms with Crippen molar-refractivity contribution in [1.82, 2.24) is 15.5 Å². The molecular weight excluding hydrogens is 360 g/mol. The molecule has 27 heavy (non-hydrogen) atoms. The van der Waals surface area contributed by atoms with Gasteiger partial charge in [-0.05, 0) is 44.2 Å². The van der Waals surface area contributed by atoms with Crippen molar-refractivity contribution in [2.24, 2.45) is 4.99 Å². The Morgan fingerprint density at radius 3 is 2.74 bits per heavy atom. The predicted molar refractivity (Wildman–Crippen MR) is 113 cm³/mol. The molecule has 1 heterocycles. The largest absolute Gasteiger partial charge is 0.357 e. The number of nitrogens with zero attached hydrogens (tertiary/aromatic N) is 2. The second-order valence-electron chi connectivity index (χ2n) is 7.37. The molecule has 0 fully saturated rings. The van der Waals surface area contributed by atoms with E-state index in [0.717, 1.165) is 51.5 Å². The van der Waals surface area contributed by atoms with E-state index in [4.69, 9.17) is 0 Å². The van der Waals surface area contributed by atoms with Crippen molar-refractivity contribution in [3.05, 3.63) is 35.4 Å². The average Bonchev–Trinajstić information content (AvgIpc) is 2.63. The van der Waals surface area contributed by atoms with Crippen LogP contribution in [0.15, 0.2) is 29.3 Å². The van der Waals surface area contributed by atoms with Crippen LogP contribution in [0.2, 0.25) is 0 Å². The smallest absolute Gasteiger partial charge is 0.191 e. The summed E-state index contributed by atoms with van der Waals surface area (Å²) in [6.45, 7) is 8.75. The van der Waals surface area contributed by atoms with Gasteiger partial charge < -0.3 is 10.6 Å². The van der Waals surface area contributed by atoms with Gasteiger partial charge in [0.2, 0.25) is 0 Å². The number of guanidine groups is 1. The summed E-state index contributed by atoms with van der Waals surface area (Å²) in [7, 11) is -2.93. The number of benzene rings is 1. The van der Waals surface area contributed by atoms with Gasteiger partial charge in [-0.2, -0.15) is 0 Å². The molecule has 2 rings (SSSR count). The molecule has 152 valence electrons. The van der Waals surface area contributed by atoms with Crippen LogP contribution in [-0.2, 0) is 22.8 Å². The summed E-state index contributed by atoms with van der Waals surface area (Å²) in [6.07, 6.45) is 3.99. The van der Waals surface area contributed by atoms with Crippen molar-refractivity contribution in [1.29, 1.82) is 0 Å². The van der Waals surface area contributed by atoms with Gasteiger partial charge in [-0.3, -0.25) is 9.89 Å². The van der Waals surface area contributed by atoms with Crippen LogP contribution in [0.25, 0.3) is 0 Å². The van der Waals surface area contributed by atoms with Gasteiger partial charge in [0.1, 0.15) is 9.84 Å². The van der Waals surface area contributed by atoms with Gasteiger partial charge >= 0.3 is 0 Å². The Morgan fingerprint density at radius 1 is 1.30 bits per heavy atom. The standard InChI is InChI=1S/C20H34N4O2S/c1-4-21-20(23-17(2)11-15-27(3,25)26)22-12-7-13-24-14-10-18-8-5-6-9-19(18)16-24/h5-6,8-9,17H,4,7,10-16H2,1-3H3,(H2,21,22,23). The van der Waals surface area contributed by atoms with E-state index in [1.807, 2.05) is 13.8 Å². The molecule has 0 bridgehead atoms. The lowest BCUT2D eigenvalue weighted by molar-refractivity contribution is 0.252. The summed E-state index contributed by atoms with van der Waals surface area (Å²) in [5, 5.41) is 6.54. The van der Waals surface area contributed by atoms with Crippen molar-refractivity contribution in [3.63, 3.8) is 0 Å². The molecule has 0 aliphatic carbocycles. The minimum Gasteiger partial charge on any atom is -0.357 e. The zero-order chi connectivity index (χ0) is 19.7. The highest BCUT2D eigenvalue weighted by Crippen LogP contribution is 2.18. The van der Waals surface area contributed by atoms with Crippen LogP contribution in [0.1, 0.15) is 37.8 Å². The van der Waals surface area contributed by atoms with Crippen LogP contribution < -0.4 is 10.6 Å². The third-order valence-electron chi connectivity index (χ3n) is 4.76. The van der Waals surface area contributed by atoms with Crippen LogP contribution >= 0.6 is 0 Å². The Balaban J connectivity index is 1.75. The maximum absolute atomic E-state index is 11.3. The van der Waals surface area contributed by atoms with Gasteiger partial charge in [-0.1, -0.05) is 24.3 Å². The molecule has 1 aliphatic heterocycles. The van der Waals surface area contributed by atoms with Crippen LogP contribution in [0.5, 0.6) is 0 Å². The van der Waals surface area contributed by atoms with Crippen molar-refractivity contribution < 1.29 is 8.42 Å². The van der Waals surface area contributed by atoms with E-state index in [0.29, 0.717) is 6.42 Å². The van der Waals surface area contributed by atoms with Gasteiger partial charge in [0, 0.05) is 45.0 Å². The van der Waals surface area contributed by atoms with Gasteiger partial charge in [0.05, 0.1) is 5.75 Å². The molecule has 0 spiro atoms. The minimum absolute atomic E-state index is 0.0659. The third kappa shape index (κ3) is 8.30. The predicted octanol–water partition coefficient (Wildman–Crippen LogP) is 1.81. The number of hydrogen-bond acceptors (Lipinski definition) is 4.